The zero-order valence-electron chi connectivity index (χ0n) is 15.1. The smallest absolute Gasteiger partial charge is 0.290 e. The summed E-state index contributed by atoms with van der Waals surface area (Å²) in [5, 5.41) is 6.83. The second kappa shape index (κ2) is 7.96. The molecule has 1 saturated carbocycles. The molecule has 2 aromatic carbocycles. The highest BCUT2D eigenvalue weighted by atomic mass is 16.5. The Morgan fingerprint density at radius 2 is 1.79 bits per heavy atom. The van der Waals surface area contributed by atoms with Crippen molar-refractivity contribution in [2.24, 2.45) is 0 Å². The van der Waals surface area contributed by atoms with E-state index in [1.165, 1.54) is 0 Å². The maximum Gasteiger partial charge on any atom is 0.290 e. The summed E-state index contributed by atoms with van der Waals surface area (Å²) in [6, 6.07) is 19.0. The van der Waals surface area contributed by atoms with Gasteiger partial charge in [0.15, 0.2) is 12.3 Å². The summed E-state index contributed by atoms with van der Waals surface area (Å²) in [6.07, 6.45) is 2.23. The third-order valence-electron chi connectivity index (χ3n) is 4.49. The van der Waals surface area contributed by atoms with E-state index in [0.29, 0.717) is 11.7 Å². The summed E-state index contributed by atoms with van der Waals surface area (Å²) in [5.41, 5.74) is 7.79. The Hall–Kier alpha value is -3.61. The fourth-order valence-corrected chi connectivity index (χ4v) is 2.88. The van der Waals surface area contributed by atoms with Crippen LogP contribution in [0, 0.1) is 0 Å². The van der Waals surface area contributed by atoms with Gasteiger partial charge in [0, 0.05) is 17.2 Å². The molecule has 28 heavy (non-hydrogen) atoms. The summed E-state index contributed by atoms with van der Waals surface area (Å²) in [5.74, 6) is 0.133. The first kappa shape index (κ1) is 17.8. The monoisotopic (exact) mass is 376 g/mol. The Labute approximate surface area is 162 Å². The molecule has 0 saturated heterocycles. The summed E-state index contributed by atoms with van der Waals surface area (Å²) >= 11 is 0. The van der Waals surface area contributed by atoms with Crippen molar-refractivity contribution in [2.75, 3.05) is 6.61 Å². The van der Waals surface area contributed by atoms with E-state index in [1.54, 1.807) is 12.1 Å². The molecule has 142 valence electrons. The fraction of sp³-hybridized carbons (Fsp3) is 0.190. The molecular weight excluding hydrogens is 356 g/mol. The number of carbonyl (C=O) groups is 2. The van der Waals surface area contributed by atoms with Crippen LogP contribution in [0.25, 0.3) is 11.1 Å². The van der Waals surface area contributed by atoms with Crippen LogP contribution in [-0.4, -0.2) is 28.6 Å². The molecule has 1 aliphatic carbocycles. The Balaban J connectivity index is 1.30. The van der Waals surface area contributed by atoms with Crippen LogP contribution >= 0.6 is 0 Å². The number of amides is 2. The highest BCUT2D eigenvalue weighted by Crippen LogP contribution is 2.38. The molecule has 0 atom stereocenters. The number of nitrogens with one attached hydrogen (secondary N) is 3. The van der Waals surface area contributed by atoms with Gasteiger partial charge in [0.25, 0.3) is 11.8 Å². The number of hydrogen-bond acceptors (Lipinski definition) is 4. The van der Waals surface area contributed by atoms with E-state index < -0.39 is 11.8 Å². The molecule has 7 nitrogen and oxygen atoms in total. The van der Waals surface area contributed by atoms with Crippen LogP contribution in [0.4, 0.5) is 0 Å². The standard InChI is InChI=1S/C21H20N4O3/c26-20(24-25-21(27)18-12-17(22-23-18)15-10-11-15)13-28-19-9-5-4-8-16(19)14-6-2-1-3-7-14/h1-9,12,15H,10-11,13H2,(H,22,23)(H,24,26)(H,25,27). The molecule has 0 bridgehead atoms. The predicted octanol–water partition coefficient (Wildman–Crippen LogP) is 2.79. The molecule has 1 heterocycles. The van der Waals surface area contributed by atoms with E-state index in [-0.39, 0.29) is 12.3 Å². The van der Waals surface area contributed by atoms with Crippen molar-refractivity contribution >= 4 is 11.8 Å². The summed E-state index contributed by atoms with van der Waals surface area (Å²) in [4.78, 5) is 24.1. The van der Waals surface area contributed by atoms with Gasteiger partial charge >= 0.3 is 0 Å². The minimum Gasteiger partial charge on any atom is -0.483 e. The molecule has 2 amide bonds. The van der Waals surface area contributed by atoms with Gasteiger partial charge in [0.1, 0.15) is 5.75 Å². The third kappa shape index (κ3) is 4.20. The summed E-state index contributed by atoms with van der Waals surface area (Å²) in [7, 11) is 0. The Morgan fingerprint density at radius 3 is 2.57 bits per heavy atom. The lowest BCUT2D eigenvalue weighted by Crippen LogP contribution is -2.44. The molecule has 0 radical (unpaired) electrons. The number of carbonyl (C=O) groups excluding carboxylic acids is 2. The van der Waals surface area contributed by atoms with E-state index in [0.717, 1.165) is 29.7 Å². The topological polar surface area (TPSA) is 96.1 Å². The lowest BCUT2D eigenvalue weighted by molar-refractivity contribution is -0.123. The SMILES string of the molecule is O=C(COc1ccccc1-c1ccccc1)NNC(=O)c1cc(C2CC2)[nH]n1. The number of aromatic nitrogens is 2. The predicted molar refractivity (Wildman–Crippen MR) is 104 cm³/mol. The Bertz CT molecular complexity index is 980. The highest BCUT2D eigenvalue weighted by molar-refractivity contribution is 5.93. The van der Waals surface area contributed by atoms with Gasteiger partial charge in [-0.3, -0.25) is 25.5 Å². The van der Waals surface area contributed by atoms with Crippen molar-refractivity contribution < 1.29 is 14.3 Å². The molecule has 7 heteroatoms. The van der Waals surface area contributed by atoms with Crippen molar-refractivity contribution in [3.63, 3.8) is 0 Å². The number of hydrogen-bond donors (Lipinski definition) is 3. The van der Waals surface area contributed by atoms with Crippen molar-refractivity contribution in [1.29, 1.82) is 0 Å². The van der Waals surface area contributed by atoms with Crippen LogP contribution < -0.4 is 15.6 Å². The largest absolute Gasteiger partial charge is 0.483 e. The Kier molecular flexibility index (Phi) is 5.05. The lowest BCUT2D eigenvalue weighted by Gasteiger charge is -2.12. The van der Waals surface area contributed by atoms with Crippen molar-refractivity contribution in [2.45, 2.75) is 18.8 Å². The minimum absolute atomic E-state index is 0.224. The second-order valence-corrected chi connectivity index (χ2v) is 6.64. The number of hydrazine groups is 1. The Morgan fingerprint density at radius 1 is 1.04 bits per heavy atom. The second-order valence-electron chi connectivity index (χ2n) is 6.64. The van der Waals surface area contributed by atoms with Crippen LogP contribution in [-0.2, 0) is 4.79 Å². The quantitative estimate of drug-likeness (QED) is 0.577. The number of para-hydroxylation sites is 1. The van der Waals surface area contributed by atoms with Gasteiger partial charge in [-0.15, -0.1) is 0 Å². The first-order valence-corrected chi connectivity index (χ1v) is 9.12. The van der Waals surface area contributed by atoms with E-state index in [9.17, 15) is 9.59 Å². The van der Waals surface area contributed by atoms with Crippen molar-refractivity contribution in [1.82, 2.24) is 21.0 Å². The van der Waals surface area contributed by atoms with E-state index in [4.69, 9.17) is 4.74 Å². The molecular formula is C21H20N4O3. The molecule has 1 aliphatic rings. The van der Waals surface area contributed by atoms with E-state index in [1.807, 2.05) is 48.5 Å². The highest BCUT2D eigenvalue weighted by Gasteiger charge is 2.26. The molecule has 3 aromatic rings. The van der Waals surface area contributed by atoms with Crippen LogP contribution in [0.15, 0.2) is 60.7 Å². The summed E-state index contributed by atoms with van der Waals surface area (Å²) < 4.78 is 5.65. The normalized spacial score (nSPS) is 13.0. The first-order chi connectivity index (χ1) is 13.7. The average molecular weight is 376 g/mol. The number of ether oxygens (including phenoxy) is 1. The lowest BCUT2D eigenvalue weighted by atomic mass is 10.1. The van der Waals surface area contributed by atoms with Gasteiger partial charge in [-0.2, -0.15) is 5.10 Å². The number of aromatic amines is 1. The zero-order chi connectivity index (χ0) is 19.3. The van der Waals surface area contributed by atoms with Crippen molar-refractivity contribution in [3.05, 3.63) is 72.1 Å². The number of benzene rings is 2. The van der Waals surface area contributed by atoms with Crippen molar-refractivity contribution in [3.8, 4) is 16.9 Å². The molecule has 1 aromatic heterocycles. The summed E-state index contributed by atoms with van der Waals surface area (Å²) in [6.45, 7) is -0.224. The van der Waals surface area contributed by atoms with Crippen LogP contribution in [0.3, 0.4) is 0 Å². The molecule has 3 N–H and O–H groups in total. The van der Waals surface area contributed by atoms with Gasteiger partial charge in [-0.1, -0.05) is 48.5 Å². The van der Waals surface area contributed by atoms with Crippen LogP contribution in [0.2, 0.25) is 0 Å². The fourth-order valence-electron chi connectivity index (χ4n) is 2.88. The van der Waals surface area contributed by atoms with Gasteiger partial charge in [0.05, 0.1) is 0 Å². The van der Waals surface area contributed by atoms with Gasteiger partial charge in [-0.05, 0) is 30.5 Å². The molecule has 0 aliphatic heterocycles. The van der Waals surface area contributed by atoms with Crippen LogP contribution in [0.1, 0.15) is 34.9 Å². The molecule has 4 rings (SSSR count). The third-order valence-corrected chi connectivity index (χ3v) is 4.49. The first-order valence-electron chi connectivity index (χ1n) is 9.12. The average Bonchev–Trinajstić information content (AvgIpc) is 3.48. The maximum atomic E-state index is 12.1. The number of nitrogens with zero attached hydrogens (tertiary/aromatic N) is 1. The maximum absolute atomic E-state index is 12.1. The minimum atomic E-state index is -0.471. The molecule has 1 fully saturated rings. The van der Waals surface area contributed by atoms with Gasteiger partial charge in [0.2, 0.25) is 0 Å². The van der Waals surface area contributed by atoms with E-state index >= 15 is 0 Å². The number of H-pyrrole nitrogens is 1. The molecule has 0 unspecified atom stereocenters. The van der Waals surface area contributed by atoms with Gasteiger partial charge in [-0.25, -0.2) is 0 Å². The number of rotatable bonds is 6. The molecule has 0 spiro atoms. The van der Waals surface area contributed by atoms with E-state index in [2.05, 4.69) is 21.0 Å². The zero-order valence-corrected chi connectivity index (χ0v) is 15.1. The van der Waals surface area contributed by atoms with Crippen LogP contribution in [0.5, 0.6) is 5.75 Å². The van der Waals surface area contributed by atoms with Gasteiger partial charge < -0.3 is 4.74 Å².